The average molecular weight is 434 g/mol. The molecule has 0 heterocycles. The Hall–Kier alpha value is -0.281. The monoisotopic (exact) mass is 434 g/mol. The fourth-order valence-electron chi connectivity index (χ4n) is 4.12. The number of hydrogen-bond acceptors (Lipinski definition) is 0. The number of rotatable bonds is 1. The number of allylic oxidation sites excluding steroid dienone is 2. The first-order valence-corrected chi connectivity index (χ1v) is 18.2. The van der Waals surface area contributed by atoms with Crippen LogP contribution in [0.1, 0.15) is 29.4 Å². The predicted molar refractivity (Wildman–Crippen MR) is 93.3 cm³/mol. The molecule has 0 fully saturated rings. The van der Waals surface area contributed by atoms with Crippen LogP contribution in [0.3, 0.4) is 0 Å². The summed E-state index contributed by atoms with van der Waals surface area (Å²) in [6, 6.07) is 13.7. The van der Waals surface area contributed by atoms with Gasteiger partial charge in [0.1, 0.15) is 0 Å². The Bertz CT molecular complexity index is 752. The van der Waals surface area contributed by atoms with E-state index in [4.69, 9.17) is 0 Å². The Labute approximate surface area is 133 Å². The summed E-state index contributed by atoms with van der Waals surface area (Å²) < 4.78 is 3.38. The molecule has 102 valence electrons. The molecule has 0 aliphatic heterocycles. The van der Waals surface area contributed by atoms with Crippen molar-refractivity contribution in [3.8, 4) is 0 Å². The molecule has 2 aliphatic carbocycles. The van der Waals surface area contributed by atoms with Crippen molar-refractivity contribution in [1.82, 2.24) is 0 Å². The van der Waals surface area contributed by atoms with Gasteiger partial charge in [-0.15, -0.1) is 0 Å². The van der Waals surface area contributed by atoms with E-state index in [0.717, 1.165) is 0 Å². The summed E-state index contributed by atoms with van der Waals surface area (Å²) in [5, 5.41) is 2.79. The topological polar surface area (TPSA) is 0 Å². The fourth-order valence-corrected chi connectivity index (χ4v) is 15.1. The molecule has 0 spiro atoms. The Balaban J connectivity index is 1.95. The molecule has 2 aromatic carbocycles. The van der Waals surface area contributed by atoms with Crippen molar-refractivity contribution >= 4 is 45.1 Å². The Kier molecular flexibility index (Phi) is 2.92. The summed E-state index contributed by atoms with van der Waals surface area (Å²) in [4.78, 5) is 7.64. The molecule has 4 rings (SSSR count). The molecule has 0 radical (unpaired) electrons. The van der Waals surface area contributed by atoms with E-state index in [1.165, 1.54) is 17.2 Å². The van der Waals surface area contributed by atoms with Crippen molar-refractivity contribution < 1.29 is 0 Å². The summed E-state index contributed by atoms with van der Waals surface area (Å²) in [7, 11) is 0. The Morgan fingerprint density at radius 2 is 1.50 bits per heavy atom. The van der Waals surface area contributed by atoms with Crippen LogP contribution < -0.4 is 0 Å². The molecule has 0 saturated heterocycles. The fraction of sp³-hybridized carbons (Fsp3) is 0.333. The number of hydrogen-bond donors (Lipinski definition) is 0. The average Bonchev–Trinajstić information content (AvgIpc) is 2.90. The zero-order valence-corrected chi connectivity index (χ0v) is 16.6. The summed E-state index contributed by atoms with van der Waals surface area (Å²) >= 11 is 1.95. The molecular weight excluding hydrogens is 415 g/mol. The van der Waals surface area contributed by atoms with Gasteiger partial charge in [-0.05, 0) is 0 Å². The van der Waals surface area contributed by atoms with Crippen LogP contribution in [0.4, 0.5) is 0 Å². The van der Waals surface area contributed by atoms with Crippen molar-refractivity contribution in [3.63, 3.8) is 0 Å². The van der Waals surface area contributed by atoms with E-state index in [1.54, 1.807) is 15.6 Å². The zero-order valence-electron chi connectivity index (χ0n) is 12.2. The number of benzene rings is 2. The summed E-state index contributed by atoms with van der Waals surface area (Å²) in [6.07, 6.45) is 1.32. The number of fused-ring (bicyclic) bond motifs is 6. The minimum atomic E-state index is -2.01. The molecule has 2 unspecified atom stereocenters. The van der Waals surface area contributed by atoms with E-state index in [1.807, 2.05) is 3.59 Å². The molecule has 2 bridgehead atoms. The third-order valence-corrected chi connectivity index (χ3v) is 13.3. The van der Waals surface area contributed by atoms with Crippen LogP contribution in [0, 0.1) is 0 Å². The van der Waals surface area contributed by atoms with Gasteiger partial charge < -0.3 is 0 Å². The van der Waals surface area contributed by atoms with Crippen molar-refractivity contribution in [2.24, 2.45) is 0 Å². The summed E-state index contributed by atoms with van der Waals surface area (Å²) in [5.74, 6) is 1.36. The van der Waals surface area contributed by atoms with E-state index in [2.05, 4.69) is 67.1 Å². The van der Waals surface area contributed by atoms with Gasteiger partial charge in [0.05, 0.1) is 0 Å². The third-order valence-electron chi connectivity index (χ3n) is 4.89. The molecule has 2 aromatic rings. The van der Waals surface area contributed by atoms with Crippen molar-refractivity contribution in [3.05, 3.63) is 55.6 Å². The molecular formula is C18H19BrSn. The van der Waals surface area contributed by atoms with Crippen LogP contribution in [0.25, 0.3) is 10.8 Å². The summed E-state index contributed by atoms with van der Waals surface area (Å²) in [6.45, 7) is 0. The SMILES string of the molecule is [CH3][Sn]([CH3])([CH3])[C]1=C(Br)C2CC1c1cc3ccccc3cc12. The molecule has 0 saturated carbocycles. The molecule has 2 atom stereocenters. The molecule has 2 heteroatoms. The van der Waals surface area contributed by atoms with E-state index in [0.29, 0.717) is 11.8 Å². The van der Waals surface area contributed by atoms with Gasteiger partial charge in [0, 0.05) is 0 Å². The molecule has 0 nitrogen and oxygen atoms in total. The Morgan fingerprint density at radius 3 is 2.05 bits per heavy atom. The second-order valence-electron chi connectivity index (χ2n) is 7.18. The van der Waals surface area contributed by atoms with Crippen LogP contribution in [0.5, 0.6) is 0 Å². The van der Waals surface area contributed by atoms with Gasteiger partial charge in [0.25, 0.3) is 0 Å². The molecule has 0 amide bonds. The molecule has 0 aromatic heterocycles. The van der Waals surface area contributed by atoms with Gasteiger partial charge in [-0.1, -0.05) is 0 Å². The second-order valence-corrected chi connectivity index (χ2v) is 22.4. The minimum absolute atomic E-state index is 0.644. The van der Waals surface area contributed by atoms with Crippen LogP contribution in [-0.2, 0) is 0 Å². The van der Waals surface area contributed by atoms with Gasteiger partial charge in [-0.2, -0.15) is 0 Å². The zero-order chi connectivity index (χ0) is 14.1. The van der Waals surface area contributed by atoms with Crippen molar-refractivity contribution in [2.45, 2.75) is 33.1 Å². The van der Waals surface area contributed by atoms with Crippen LogP contribution in [0.15, 0.2) is 44.5 Å². The van der Waals surface area contributed by atoms with Crippen molar-refractivity contribution in [2.75, 3.05) is 0 Å². The summed E-state index contributed by atoms with van der Waals surface area (Å²) in [5.41, 5.74) is 3.21. The van der Waals surface area contributed by atoms with Gasteiger partial charge >= 0.3 is 134 Å². The Morgan fingerprint density at radius 1 is 0.950 bits per heavy atom. The quantitative estimate of drug-likeness (QED) is 0.487. The van der Waals surface area contributed by atoms with Gasteiger partial charge in [0.15, 0.2) is 0 Å². The number of halogens is 1. The maximum atomic E-state index is 3.96. The van der Waals surface area contributed by atoms with Crippen molar-refractivity contribution in [1.29, 1.82) is 0 Å². The predicted octanol–water partition coefficient (Wildman–Crippen LogP) is 5.95. The van der Waals surface area contributed by atoms with E-state index in [9.17, 15) is 0 Å². The third kappa shape index (κ3) is 1.78. The van der Waals surface area contributed by atoms with E-state index < -0.39 is 18.4 Å². The second kappa shape index (κ2) is 4.36. The van der Waals surface area contributed by atoms with Gasteiger partial charge in [-0.3, -0.25) is 0 Å². The van der Waals surface area contributed by atoms with Gasteiger partial charge in [-0.25, -0.2) is 0 Å². The van der Waals surface area contributed by atoms with E-state index >= 15 is 0 Å². The molecule has 2 aliphatic rings. The van der Waals surface area contributed by atoms with Gasteiger partial charge in [0.2, 0.25) is 0 Å². The molecule has 20 heavy (non-hydrogen) atoms. The van der Waals surface area contributed by atoms with Crippen LogP contribution in [0.2, 0.25) is 14.8 Å². The standard InChI is InChI=1S/C15H10Br.3CH3.Sn/c16-15-8-11-7-14(15)13-6-10-4-2-1-3-9(10)5-12(11)13;;;;/h1-6,11,14H,7H2;3*1H3;. The van der Waals surface area contributed by atoms with Crippen LogP contribution in [-0.4, -0.2) is 18.4 Å². The molecule has 0 N–H and O–H groups in total. The first kappa shape index (κ1) is 13.4. The first-order valence-electron chi connectivity index (χ1n) is 7.39. The maximum absolute atomic E-state index is 3.96. The van der Waals surface area contributed by atoms with Crippen LogP contribution >= 0.6 is 15.9 Å². The van der Waals surface area contributed by atoms with E-state index in [-0.39, 0.29) is 0 Å². The first-order chi connectivity index (χ1) is 9.47. The normalized spacial score (nSPS) is 24.6.